The van der Waals surface area contributed by atoms with Crippen molar-refractivity contribution in [1.82, 2.24) is 14.8 Å². The van der Waals surface area contributed by atoms with E-state index in [0.717, 1.165) is 54.8 Å². The fourth-order valence-corrected chi connectivity index (χ4v) is 3.77. The second-order valence-electron chi connectivity index (χ2n) is 5.70. The van der Waals surface area contributed by atoms with E-state index in [-0.39, 0.29) is 0 Å². The molecule has 8 heteroatoms. The Kier molecular flexibility index (Phi) is 7.01. The van der Waals surface area contributed by atoms with Gasteiger partial charge in [0.15, 0.2) is 9.91 Å². The summed E-state index contributed by atoms with van der Waals surface area (Å²) in [6, 6.07) is 7.85. The number of hydrogen-bond acceptors (Lipinski definition) is 4. The van der Waals surface area contributed by atoms with Gasteiger partial charge in [-0.1, -0.05) is 29.8 Å². The summed E-state index contributed by atoms with van der Waals surface area (Å²) < 4.78 is 7.41. The van der Waals surface area contributed by atoms with Crippen molar-refractivity contribution >= 4 is 40.3 Å². The van der Waals surface area contributed by atoms with Gasteiger partial charge in [-0.05, 0) is 23.8 Å². The Hall–Kier alpha value is -1.25. The molecular formula is C17H21ClN4OS2. The number of thiocarbonyl (C=S) groups is 1. The van der Waals surface area contributed by atoms with Crippen LogP contribution in [0.2, 0.25) is 5.02 Å². The summed E-state index contributed by atoms with van der Waals surface area (Å²) >= 11 is 13.2. The maximum Gasteiger partial charge on any atom is 0.195 e. The smallest absolute Gasteiger partial charge is 0.195 e. The minimum atomic E-state index is 0.517. The number of thiazole rings is 1. The summed E-state index contributed by atoms with van der Waals surface area (Å²) in [5.41, 5.74) is 1.07. The third-order valence-corrected chi connectivity index (χ3v) is 5.36. The van der Waals surface area contributed by atoms with Gasteiger partial charge < -0.3 is 14.6 Å². The second-order valence-corrected chi connectivity index (χ2v) is 7.37. The van der Waals surface area contributed by atoms with Crippen LogP contribution in [0.5, 0.6) is 0 Å². The van der Waals surface area contributed by atoms with Gasteiger partial charge in [0, 0.05) is 42.8 Å². The first-order valence-corrected chi connectivity index (χ1v) is 9.89. The van der Waals surface area contributed by atoms with Crippen molar-refractivity contribution in [2.75, 3.05) is 39.4 Å². The van der Waals surface area contributed by atoms with E-state index in [9.17, 15) is 0 Å². The molecule has 0 bridgehead atoms. The maximum absolute atomic E-state index is 6.25. The fraction of sp³-hybridized carbons (Fsp3) is 0.412. The van der Waals surface area contributed by atoms with E-state index in [4.69, 9.17) is 28.6 Å². The molecule has 0 aliphatic carbocycles. The van der Waals surface area contributed by atoms with Gasteiger partial charge in [-0.2, -0.15) is 4.99 Å². The lowest BCUT2D eigenvalue weighted by molar-refractivity contribution is 0.0389. The molecule has 1 fully saturated rings. The molecule has 1 aliphatic rings. The highest BCUT2D eigenvalue weighted by molar-refractivity contribution is 7.80. The zero-order chi connectivity index (χ0) is 17.5. The van der Waals surface area contributed by atoms with Crippen LogP contribution in [0.1, 0.15) is 5.56 Å². The molecule has 0 amide bonds. The van der Waals surface area contributed by atoms with Gasteiger partial charge in [0.05, 0.1) is 19.8 Å². The number of nitrogens with one attached hydrogen (secondary N) is 1. The average molecular weight is 397 g/mol. The Bertz CT molecular complexity index is 768. The molecule has 0 atom stereocenters. The summed E-state index contributed by atoms with van der Waals surface area (Å²) in [7, 11) is 0. The molecule has 3 rings (SSSR count). The van der Waals surface area contributed by atoms with Crippen molar-refractivity contribution in [3.05, 3.63) is 51.2 Å². The predicted octanol–water partition coefficient (Wildman–Crippen LogP) is 2.36. The normalized spacial score (nSPS) is 16.1. The lowest BCUT2D eigenvalue weighted by Crippen LogP contribution is -2.41. The van der Waals surface area contributed by atoms with Crippen LogP contribution in [0.3, 0.4) is 0 Å². The molecule has 1 aromatic heterocycles. The van der Waals surface area contributed by atoms with E-state index in [0.29, 0.717) is 11.7 Å². The molecule has 25 heavy (non-hydrogen) atoms. The van der Waals surface area contributed by atoms with Crippen LogP contribution in [0.15, 0.2) is 40.8 Å². The highest BCUT2D eigenvalue weighted by Gasteiger charge is 2.09. The molecule has 0 saturated carbocycles. The van der Waals surface area contributed by atoms with E-state index in [1.165, 1.54) is 0 Å². The Morgan fingerprint density at radius 2 is 2.12 bits per heavy atom. The minimum Gasteiger partial charge on any atom is -0.379 e. The molecule has 0 spiro atoms. The Morgan fingerprint density at radius 1 is 1.32 bits per heavy atom. The molecule has 134 valence electrons. The number of halogens is 1. The van der Waals surface area contributed by atoms with Crippen LogP contribution in [0.25, 0.3) is 0 Å². The summed E-state index contributed by atoms with van der Waals surface area (Å²) in [6.07, 6.45) is 2.00. The SMILES string of the molecule is S=C(N=c1sccn1Cc1ccccc1Cl)NCCN1CCOCC1. The predicted molar refractivity (Wildman–Crippen MR) is 106 cm³/mol. The number of benzene rings is 1. The highest BCUT2D eigenvalue weighted by Crippen LogP contribution is 2.15. The summed E-state index contributed by atoms with van der Waals surface area (Å²) in [5, 5.41) is 6.51. The summed E-state index contributed by atoms with van der Waals surface area (Å²) in [5.74, 6) is 0. The monoisotopic (exact) mass is 396 g/mol. The van der Waals surface area contributed by atoms with Gasteiger partial charge in [0.1, 0.15) is 0 Å². The lowest BCUT2D eigenvalue weighted by Gasteiger charge is -2.26. The van der Waals surface area contributed by atoms with Crippen molar-refractivity contribution in [3.63, 3.8) is 0 Å². The molecule has 0 unspecified atom stereocenters. The standard InChI is InChI=1S/C17H21ClN4OS2/c18-15-4-2-1-3-14(15)13-22-9-12-25-17(22)20-16(24)19-5-6-21-7-10-23-11-8-21/h1-4,9,12H,5-8,10-11,13H2,(H,19,24). The number of ether oxygens (including phenoxy) is 1. The third-order valence-electron chi connectivity index (χ3n) is 3.96. The largest absolute Gasteiger partial charge is 0.379 e. The van der Waals surface area contributed by atoms with Gasteiger partial charge in [-0.3, -0.25) is 4.90 Å². The van der Waals surface area contributed by atoms with Crippen molar-refractivity contribution < 1.29 is 4.74 Å². The third kappa shape index (κ3) is 5.62. The zero-order valence-electron chi connectivity index (χ0n) is 13.9. The van der Waals surface area contributed by atoms with Crippen LogP contribution in [0.4, 0.5) is 0 Å². The number of rotatable bonds is 5. The Labute approximate surface area is 161 Å². The molecule has 1 saturated heterocycles. The van der Waals surface area contributed by atoms with E-state index in [2.05, 4.69) is 19.8 Å². The topological polar surface area (TPSA) is 41.8 Å². The van der Waals surface area contributed by atoms with Gasteiger partial charge >= 0.3 is 0 Å². The molecule has 1 aliphatic heterocycles. The minimum absolute atomic E-state index is 0.517. The number of hydrogen-bond donors (Lipinski definition) is 1. The van der Waals surface area contributed by atoms with Crippen molar-refractivity contribution in [1.29, 1.82) is 0 Å². The molecule has 5 nitrogen and oxygen atoms in total. The molecule has 0 radical (unpaired) electrons. The molecular weight excluding hydrogens is 376 g/mol. The molecule has 1 aromatic carbocycles. The molecule has 1 N–H and O–H groups in total. The van der Waals surface area contributed by atoms with Crippen LogP contribution in [-0.4, -0.2) is 54.0 Å². The second kappa shape index (κ2) is 9.45. The highest BCUT2D eigenvalue weighted by atomic mass is 35.5. The van der Waals surface area contributed by atoms with E-state index < -0.39 is 0 Å². The number of aromatic nitrogens is 1. The van der Waals surface area contributed by atoms with Gasteiger partial charge in [-0.15, -0.1) is 11.3 Å². The van der Waals surface area contributed by atoms with Crippen LogP contribution >= 0.6 is 35.2 Å². The first-order valence-electron chi connectivity index (χ1n) is 8.22. The maximum atomic E-state index is 6.25. The summed E-state index contributed by atoms with van der Waals surface area (Å²) in [6.45, 7) is 6.00. The van der Waals surface area contributed by atoms with Crippen LogP contribution in [0, 0.1) is 0 Å². The van der Waals surface area contributed by atoms with Crippen molar-refractivity contribution in [3.8, 4) is 0 Å². The molecule has 2 aromatic rings. The summed E-state index contributed by atoms with van der Waals surface area (Å²) in [4.78, 5) is 7.77. The fourth-order valence-electron chi connectivity index (χ4n) is 2.59. The van der Waals surface area contributed by atoms with Crippen LogP contribution in [-0.2, 0) is 11.3 Å². The number of nitrogens with zero attached hydrogens (tertiary/aromatic N) is 3. The quantitative estimate of drug-likeness (QED) is 0.788. The zero-order valence-corrected chi connectivity index (χ0v) is 16.2. The molecule has 2 heterocycles. The Balaban J connectivity index is 1.57. The van der Waals surface area contributed by atoms with E-state index in [1.807, 2.05) is 35.8 Å². The number of morpholine rings is 1. The van der Waals surface area contributed by atoms with E-state index >= 15 is 0 Å². The van der Waals surface area contributed by atoms with Crippen molar-refractivity contribution in [2.45, 2.75) is 6.54 Å². The Morgan fingerprint density at radius 3 is 2.92 bits per heavy atom. The van der Waals surface area contributed by atoms with Gasteiger partial charge in [-0.25, -0.2) is 0 Å². The lowest BCUT2D eigenvalue weighted by atomic mass is 10.2. The first kappa shape index (κ1) is 18.5. The van der Waals surface area contributed by atoms with E-state index in [1.54, 1.807) is 11.3 Å². The average Bonchev–Trinajstić information content (AvgIpc) is 3.04. The van der Waals surface area contributed by atoms with Crippen molar-refractivity contribution in [2.24, 2.45) is 4.99 Å². The first-order chi connectivity index (χ1) is 12.2. The van der Waals surface area contributed by atoms with Gasteiger partial charge in [0.25, 0.3) is 0 Å². The van der Waals surface area contributed by atoms with Gasteiger partial charge in [0.2, 0.25) is 0 Å². The van der Waals surface area contributed by atoms with Crippen LogP contribution < -0.4 is 10.1 Å².